The number of carbonyl (C=O) groups excluding carboxylic acids is 4. The van der Waals surface area contributed by atoms with Crippen LogP contribution in [0.25, 0.3) is 0 Å². The number of nitrogens with zero attached hydrogens (tertiary/aromatic N) is 6. The average molecular weight is 778 g/mol. The molecule has 23 nitrogen and oxygen atoms in total. The summed E-state index contributed by atoms with van der Waals surface area (Å²) in [6.07, 6.45) is 3.67. The van der Waals surface area contributed by atoms with Gasteiger partial charge in [0.05, 0.1) is 25.7 Å². The van der Waals surface area contributed by atoms with Crippen LogP contribution in [0.1, 0.15) is 23.6 Å². The summed E-state index contributed by atoms with van der Waals surface area (Å²) >= 11 is 4.34. The predicted octanol–water partition coefficient (Wildman–Crippen LogP) is -6.47. The molecule has 1 atom stereocenters. The Bertz CT molecular complexity index is 2220. The summed E-state index contributed by atoms with van der Waals surface area (Å²) in [7, 11) is 0. The third-order valence-electron chi connectivity index (χ3n) is 7.67. The van der Waals surface area contributed by atoms with Crippen molar-refractivity contribution in [2.45, 2.75) is 33.7 Å². The molecule has 3 aromatic heterocycles. The van der Waals surface area contributed by atoms with Crippen LogP contribution < -0.4 is 70.5 Å². The molecule has 54 heavy (non-hydrogen) atoms. The number of carbonyl (C=O) groups is 4. The van der Waals surface area contributed by atoms with Gasteiger partial charge in [-0.15, -0.1) is 0 Å². The lowest BCUT2D eigenvalue weighted by Gasteiger charge is -2.31. The number of thiol groups is 1. The number of aryl methyl sites for hydroxylation is 3. The van der Waals surface area contributed by atoms with Crippen molar-refractivity contribution in [3.63, 3.8) is 0 Å². The van der Waals surface area contributed by atoms with Crippen molar-refractivity contribution >= 4 is 36.3 Å². The van der Waals surface area contributed by atoms with E-state index >= 15 is 0 Å². The molecule has 0 aliphatic rings. The number of aromatic nitrogens is 6. The second-order valence-electron chi connectivity index (χ2n) is 12.1. The molecular formula is C30H43N13O10S. The van der Waals surface area contributed by atoms with Crippen LogP contribution in [0.2, 0.25) is 0 Å². The fourth-order valence-electron chi connectivity index (χ4n) is 4.98. The molecule has 0 spiro atoms. The van der Waals surface area contributed by atoms with Crippen LogP contribution in [-0.4, -0.2) is 117 Å². The first-order valence-electron chi connectivity index (χ1n) is 16.3. The molecule has 0 fully saturated rings. The number of hydrogen-bond acceptors (Lipinski definition) is 14. The molecule has 0 saturated carbocycles. The van der Waals surface area contributed by atoms with Gasteiger partial charge in [0, 0.05) is 61.0 Å². The van der Waals surface area contributed by atoms with E-state index < -0.39 is 77.1 Å². The molecule has 3 rings (SSSR count). The van der Waals surface area contributed by atoms with Gasteiger partial charge in [0.25, 0.3) is 16.7 Å². The Hall–Kier alpha value is -6.33. The minimum Gasteiger partial charge on any atom is -0.368 e. The highest BCUT2D eigenvalue weighted by atomic mass is 32.1. The van der Waals surface area contributed by atoms with E-state index in [1.807, 2.05) is 0 Å². The van der Waals surface area contributed by atoms with Crippen molar-refractivity contribution in [3.05, 3.63) is 97.8 Å². The van der Waals surface area contributed by atoms with Gasteiger partial charge in [-0.3, -0.25) is 63.5 Å². The topological polar surface area (TPSA) is 305 Å². The summed E-state index contributed by atoms with van der Waals surface area (Å²) < 4.78 is 3.01. The third kappa shape index (κ3) is 11.9. The second-order valence-corrected chi connectivity index (χ2v) is 12.5. The summed E-state index contributed by atoms with van der Waals surface area (Å²) in [4.78, 5) is 130. The van der Waals surface area contributed by atoms with Gasteiger partial charge in [0.2, 0.25) is 23.6 Å². The molecule has 0 aliphatic heterocycles. The smallest absolute Gasteiger partial charge is 0.347 e. The van der Waals surface area contributed by atoms with Gasteiger partial charge in [-0.1, -0.05) is 0 Å². The summed E-state index contributed by atoms with van der Waals surface area (Å²) in [5.41, 5.74) is 1.39. The molecule has 0 bridgehead atoms. The highest BCUT2D eigenvalue weighted by Crippen LogP contribution is 1.98. The zero-order valence-electron chi connectivity index (χ0n) is 30.0. The highest BCUT2D eigenvalue weighted by Gasteiger charge is 2.22. The van der Waals surface area contributed by atoms with Crippen LogP contribution in [0.3, 0.4) is 0 Å². The maximum Gasteiger partial charge on any atom is 0.347 e. The van der Waals surface area contributed by atoms with E-state index in [1.165, 1.54) is 61.3 Å². The van der Waals surface area contributed by atoms with Crippen molar-refractivity contribution in [2.24, 2.45) is 5.73 Å². The average Bonchev–Trinajstić information content (AvgIpc) is 3.07. The van der Waals surface area contributed by atoms with E-state index in [4.69, 9.17) is 5.73 Å². The van der Waals surface area contributed by atoms with Crippen LogP contribution in [0.15, 0.2) is 47.4 Å². The number of hydrogen-bond donors (Lipinski definition) is 8. The van der Waals surface area contributed by atoms with Gasteiger partial charge in [-0.25, -0.2) is 28.4 Å². The van der Waals surface area contributed by atoms with Crippen LogP contribution in [0.5, 0.6) is 0 Å². The Morgan fingerprint density at radius 2 is 1.09 bits per heavy atom. The van der Waals surface area contributed by atoms with Gasteiger partial charge < -0.3 is 21.7 Å². The lowest BCUT2D eigenvalue weighted by atomic mass is 10.3. The molecule has 0 aromatic carbocycles. The lowest BCUT2D eigenvalue weighted by Crippen LogP contribution is -2.57. The molecule has 0 saturated heterocycles. The number of rotatable bonds is 19. The van der Waals surface area contributed by atoms with Crippen molar-refractivity contribution in [1.29, 1.82) is 0 Å². The number of nitrogens with one attached hydrogen (secondary N) is 6. The van der Waals surface area contributed by atoms with E-state index in [0.29, 0.717) is 0 Å². The fraction of sp³-hybridized carbons (Fsp3) is 0.467. The first-order chi connectivity index (χ1) is 25.4. The molecule has 4 amide bonds. The maximum atomic E-state index is 13.4. The minimum atomic E-state index is -0.889. The first-order valence-corrected chi connectivity index (χ1v) is 17.0. The number of primary amides is 1. The van der Waals surface area contributed by atoms with Gasteiger partial charge >= 0.3 is 17.1 Å². The van der Waals surface area contributed by atoms with Gasteiger partial charge in [0.15, 0.2) is 0 Å². The number of aromatic amines is 3. The highest BCUT2D eigenvalue weighted by molar-refractivity contribution is 7.80. The third-order valence-corrected chi connectivity index (χ3v) is 8.11. The molecule has 3 heterocycles. The first kappa shape index (κ1) is 42.1. The lowest BCUT2D eigenvalue weighted by molar-refractivity contribution is -0.120. The molecule has 8 N–H and O–H groups in total. The van der Waals surface area contributed by atoms with Crippen molar-refractivity contribution in [2.75, 3.05) is 73.1 Å². The largest absolute Gasteiger partial charge is 0.368 e. The zero-order chi connectivity index (χ0) is 40.3. The Morgan fingerprint density at radius 3 is 1.52 bits per heavy atom. The van der Waals surface area contributed by atoms with Crippen LogP contribution in [-0.2, 0) is 19.2 Å². The van der Waals surface area contributed by atoms with E-state index in [2.05, 4.69) is 43.5 Å². The van der Waals surface area contributed by atoms with E-state index in [1.54, 1.807) is 0 Å². The molecule has 3 aromatic rings. The second kappa shape index (κ2) is 19.0. The fourth-order valence-corrected chi connectivity index (χ4v) is 5.18. The normalized spacial score (nSPS) is 11.4. The Kier molecular flexibility index (Phi) is 14.8. The van der Waals surface area contributed by atoms with Crippen LogP contribution in [0, 0.1) is 20.8 Å². The molecule has 0 unspecified atom stereocenters. The molecule has 294 valence electrons. The standard InChI is InChI=1S/C30H43N13O10S/c1-17-9-41(28(51)35-25(17)48)38(13-22(31)45)8-6-33-23(46)14-40(43-11-19(3)27(50)37-30(43)53)12-21(16-54)34-24(47)15-39(7-5-32-20(4)44)42-10-18(2)26(49)36-29(42)52/h9-11,21,54H,5-8,12-16H2,1-4H3,(H2,31,45)(H,32,44)(H,33,46)(H,34,47)(H,35,48,51)(H,36,49,52)(H,37,50,53)/t21-/m1/s1. The van der Waals surface area contributed by atoms with E-state index in [-0.39, 0.29) is 61.1 Å². The summed E-state index contributed by atoms with van der Waals surface area (Å²) in [5, 5.41) is 11.7. The zero-order valence-corrected chi connectivity index (χ0v) is 30.9. The van der Waals surface area contributed by atoms with Crippen molar-refractivity contribution < 1.29 is 19.2 Å². The SMILES string of the molecule is CC(=O)NCCN(CC(=O)N[C@@H](CS)CN(CC(=O)NCCN(CC(N)=O)n1cc(C)c(=O)[nH]c1=O)n1cc(C)c(=O)[nH]c1=O)n1cc(C)c(=O)[nH]c1=O. The van der Waals surface area contributed by atoms with Gasteiger partial charge in [0.1, 0.15) is 19.6 Å². The van der Waals surface area contributed by atoms with Crippen LogP contribution >= 0.6 is 12.6 Å². The van der Waals surface area contributed by atoms with Gasteiger partial charge in [-0.2, -0.15) is 12.6 Å². The quantitative estimate of drug-likeness (QED) is 0.0526. The van der Waals surface area contributed by atoms with E-state index in [9.17, 15) is 47.9 Å². The summed E-state index contributed by atoms with van der Waals surface area (Å²) in [6.45, 7) is 3.82. The maximum absolute atomic E-state index is 13.4. The number of H-pyrrole nitrogens is 3. The number of nitrogens with two attached hydrogens (primary N) is 1. The predicted molar refractivity (Wildman–Crippen MR) is 199 cm³/mol. The Balaban J connectivity index is 1.81. The van der Waals surface area contributed by atoms with Crippen LogP contribution in [0.4, 0.5) is 0 Å². The van der Waals surface area contributed by atoms with Crippen molar-refractivity contribution in [1.82, 2.24) is 44.9 Å². The van der Waals surface area contributed by atoms with Gasteiger partial charge in [-0.05, 0) is 20.8 Å². The summed E-state index contributed by atoms with van der Waals surface area (Å²) in [6, 6.07) is -0.847. The minimum absolute atomic E-state index is 0.0139. The van der Waals surface area contributed by atoms with Crippen molar-refractivity contribution in [3.8, 4) is 0 Å². The monoisotopic (exact) mass is 777 g/mol. The molecule has 24 heteroatoms. The molecule has 0 radical (unpaired) electrons. The number of amides is 4. The Morgan fingerprint density at radius 1 is 0.685 bits per heavy atom. The van der Waals surface area contributed by atoms with E-state index in [0.717, 1.165) is 14.0 Å². The molecule has 0 aliphatic carbocycles. The molecular weight excluding hydrogens is 734 g/mol. The Labute approximate surface area is 310 Å². The summed E-state index contributed by atoms with van der Waals surface area (Å²) in [5.74, 6) is -2.45.